The maximum Gasteiger partial charge on any atom is 0.411 e. The number of ether oxygens (including phenoxy) is 1. The summed E-state index contributed by atoms with van der Waals surface area (Å²) in [6.45, 7) is 0.131. The van der Waals surface area contributed by atoms with Gasteiger partial charge in [-0.1, -0.05) is 36.4 Å². The van der Waals surface area contributed by atoms with Crippen LogP contribution in [0.1, 0.15) is 5.56 Å². The summed E-state index contributed by atoms with van der Waals surface area (Å²) in [7, 11) is 1.71. The van der Waals surface area contributed by atoms with Crippen LogP contribution in [0.25, 0.3) is 22.6 Å². The van der Waals surface area contributed by atoms with Crippen molar-refractivity contribution in [3.8, 4) is 22.6 Å². The second kappa shape index (κ2) is 8.48. The molecule has 4 aromatic rings. The number of benzene rings is 2. The van der Waals surface area contributed by atoms with Crippen molar-refractivity contribution in [1.82, 2.24) is 25.2 Å². The summed E-state index contributed by atoms with van der Waals surface area (Å²) in [6, 6.07) is 17.1. The Morgan fingerprint density at radius 3 is 2.63 bits per heavy atom. The minimum absolute atomic E-state index is 0.131. The van der Waals surface area contributed by atoms with Crippen LogP contribution in [-0.2, 0) is 18.4 Å². The molecule has 1 N–H and O–H groups in total. The number of nitrogens with zero attached hydrogens (tertiary/aromatic N) is 5. The number of hydrogen-bond acceptors (Lipinski definition) is 6. The smallest absolute Gasteiger partial charge is 0.411 e. The quantitative estimate of drug-likeness (QED) is 0.543. The van der Waals surface area contributed by atoms with Crippen LogP contribution in [0.5, 0.6) is 0 Å². The molecule has 0 radical (unpaired) electrons. The van der Waals surface area contributed by atoms with Crippen LogP contribution in [0.3, 0.4) is 0 Å². The fourth-order valence-electron chi connectivity index (χ4n) is 2.84. The van der Waals surface area contributed by atoms with Crippen LogP contribution in [-0.4, -0.2) is 31.3 Å². The van der Waals surface area contributed by atoms with Crippen molar-refractivity contribution in [1.29, 1.82) is 0 Å². The molecule has 0 fully saturated rings. The first-order chi connectivity index (χ1) is 14.6. The number of aromatic nitrogens is 5. The lowest BCUT2D eigenvalue weighted by Gasteiger charge is -2.09. The van der Waals surface area contributed by atoms with Crippen molar-refractivity contribution in [2.75, 3.05) is 5.32 Å². The lowest BCUT2D eigenvalue weighted by atomic mass is 10.1. The predicted octanol–water partition coefficient (Wildman–Crippen LogP) is 3.83. The number of aryl methyl sites for hydroxylation is 1. The van der Waals surface area contributed by atoms with Crippen molar-refractivity contribution >= 4 is 11.8 Å². The van der Waals surface area contributed by atoms with Crippen LogP contribution in [0.15, 0.2) is 66.9 Å². The molecular weight excluding hydrogens is 387 g/mol. The Bertz CT molecular complexity index is 1160. The molecule has 8 nitrogen and oxygen atoms in total. The molecule has 0 aliphatic heterocycles. The maximum atomic E-state index is 14.6. The van der Waals surface area contributed by atoms with Crippen LogP contribution in [0.4, 0.5) is 14.9 Å². The van der Waals surface area contributed by atoms with E-state index in [4.69, 9.17) is 4.74 Å². The monoisotopic (exact) mass is 404 g/mol. The van der Waals surface area contributed by atoms with E-state index >= 15 is 0 Å². The summed E-state index contributed by atoms with van der Waals surface area (Å²) in [5.74, 6) is 0.0151. The number of rotatable bonds is 5. The van der Waals surface area contributed by atoms with E-state index in [1.165, 1.54) is 10.7 Å². The zero-order valence-electron chi connectivity index (χ0n) is 16.0. The molecule has 0 bridgehead atoms. The number of carbonyl (C=O) groups excluding carboxylic acids is 1. The Hall–Kier alpha value is -4.14. The van der Waals surface area contributed by atoms with Crippen LogP contribution in [0.2, 0.25) is 0 Å². The zero-order chi connectivity index (χ0) is 20.9. The fraction of sp³-hybridized carbons (Fsp3) is 0.0952. The van der Waals surface area contributed by atoms with Gasteiger partial charge >= 0.3 is 6.09 Å². The van der Waals surface area contributed by atoms with Gasteiger partial charge in [0, 0.05) is 30.1 Å². The third-order valence-corrected chi connectivity index (χ3v) is 4.35. The molecule has 0 aliphatic carbocycles. The van der Waals surface area contributed by atoms with E-state index in [-0.39, 0.29) is 6.61 Å². The van der Waals surface area contributed by atoms with Crippen LogP contribution >= 0.6 is 0 Å². The maximum absolute atomic E-state index is 14.6. The van der Waals surface area contributed by atoms with Crippen molar-refractivity contribution < 1.29 is 13.9 Å². The van der Waals surface area contributed by atoms with E-state index < -0.39 is 11.9 Å². The third kappa shape index (κ3) is 4.30. The molecule has 9 heteroatoms. The summed E-state index contributed by atoms with van der Waals surface area (Å²) < 4.78 is 21.3. The van der Waals surface area contributed by atoms with E-state index in [0.29, 0.717) is 28.3 Å². The summed E-state index contributed by atoms with van der Waals surface area (Å²) in [4.78, 5) is 16.2. The molecule has 1 amide bonds. The topological polar surface area (TPSA) is 94.8 Å². The second-order valence-electron chi connectivity index (χ2n) is 6.44. The predicted molar refractivity (Wildman–Crippen MR) is 108 cm³/mol. The average Bonchev–Trinajstić information content (AvgIpc) is 3.19. The van der Waals surface area contributed by atoms with Gasteiger partial charge in [-0.25, -0.2) is 13.9 Å². The van der Waals surface area contributed by atoms with Crippen LogP contribution in [0, 0.1) is 5.82 Å². The average molecular weight is 404 g/mol. The highest BCUT2D eigenvalue weighted by Gasteiger charge is 2.12. The van der Waals surface area contributed by atoms with Crippen molar-refractivity contribution in [3.05, 3.63) is 78.2 Å². The summed E-state index contributed by atoms with van der Waals surface area (Å²) in [5, 5.41) is 13.8. The number of anilines is 1. The van der Waals surface area contributed by atoms with Gasteiger partial charge in [-0.15, -0.1) is 5.10 Å². The SMILES string of the molecule is Cn1nnnc1-c1ccc(-c2ccc(NC(=O)OCc3ccccc3)cc2F)cn1. The number of halogens is 1. The highest BCUT2D eigenvalue weighted by atomic mass is 19.1. The number of amides is 1. The second-order valence-corrected chi connectivity index (χ2v) is 6.44. The Kier molecular flexibility index (Phi) is 5.42. The van der Waals surface area contributed by atoms with Gasteiger partial charge in [0.1, 0.15) is 18.1 Å². The van der Waals surface area contributed by atoms with E-state index in [1.807, 2.05) is 30.3 Å². The van der Waals surface area contributed by atoms with Gasteiger partial charge in [-0.3, -0.25) is 10.3 Å². The molecule has 2 aromatic heterocycles. The Morgan fingerprint density at radius 2 is 1.97 bits per heavy atom. The Morgan fingerprint density at radius 1 is 1.13 bits per heavy atom. The number of hydrogen-bond donors (Lipinski definition) is 1. The first-order valence-electron chi connectivity index (χ1n) is 9.06. The minimum Gasteiger partial charge on any atom is -0.444 e. The molecule has 4 rings (SSSR count). The van der Waals surface area contributed by atoms with Crippen LogP contribution < -0.4 is 5.32 Å². The molecule has 0 saturated carbocycles. The zero-order valence-corrected chi connectivity index (χ0v) is 16.0. The van der Waals surface area contributed by atoms with Crippen molar-refractivity contribution in [2.45, 2.75) is 6.61 Å². The number of carbonyl (C=O) groups is 1. The molecule has 30 heavy (non-hydrogen) atoms. The third-order valence-electron chi connectivity index (χ3n) is 4.35. The van der Waals surface area contributed by atoms with Crippen molar-refractivity contribution in [2.24, 2.45) is 7.05 Å². The van der Waals surface area contributed by atoms with E-state index in [0.717, 1.165) is 5.56 Å². The molecule has 2 heterocycles. The molecule has 0 unspecified atom stereocenters. The molecule has 0 atom stereocenters. The molecule has 0 aliphatic rings. The normalized spacial score (nSPS) is 10.6. The first kappa shape index (κ1) is 19.2. The molecule has 150 valence electrons. The van der Waals surface area contributed by atoms with Crippen molar-refractivity contribution in [3.63, 3.8) is 0 Å². The van der Waals surface area contributed by atoms with Gasteiger partial charge in [0.05, 0.1) is 0 Å². The molecular formula is C21H17FN6O2. The lowest BCUT2D eigenvalue weighted by molar-refractivity contribution is 0.155. The van der Waals surface area contributed by atoms with Gasteiger partial charge in [0.2, 0.25) is 0 Å². The van der Waals surface area contributed by atoms with E-state index in [9.17, 15) is 9.18 Å². The van der Waals surface area contributed by atoms with E-state index in [1.54, 1.807) is 37.5 Å². The highest BCUT2D eigenvalue weighted by Crippen LogP contribution is 2.26. The van der Waals surface area contributed by atoms with Gasteiger partial charge < -0.3 is 4.74 Å². The number of tetrazole rings is 1. The molecule has 0 spiro atoms. The molecule has 0 saturated heterocycles. The summed E-state index contributed by atoms with van der Waals surface area (Å²) >= 11 is 0. The first-order valence-corrected chi connectivity index (χ1v) is 9.06. The summed E-state index contributed by atoms with van der Waals surface area (Å²) in [5.41, 5.74) is 2.68. The Balaban J connectivity index is 1.43. The minimum atomic E-state index is -0.658. The molecule has 2 aromatic carbocycles. The number of pyridine rings is 1. The highest BCUT2D eigenvalue weighted by molar-refractivity contribution is 5.85. The lowest BCUT2D eigenvalue weighted by Crippen LogP contribution is -2.13. The number of nitrogens with one attached hydrogen (secondary N) is 1. The largest absolute Gasteiger partial charge is 0.444 e. The Labute approximate surface area is 171 Å². The summed E-state index contributed by atoms with van der Waals surface area (Å²) in [6.07, 6.45) is 0.887. The van der Waals surface area contributed by atoms with Gasteiger partial charge in [-0.05, 0) is 40.3 Å². The fourth-order valence-corrected chi connectivity index (χ4v) is 2.84. The van der Waals surface area contributed by atoms with Gasteiger partial charge in [-0.2, -0.15) is 0 Å². The van der Waals surface area contributed by atoms with Gasteiger partial charge in [0.25, 0.3) is 0 Å². The van der Waals surface area contributed by atoms with E-state index in [2.05, 4.69) is 25.8 Å². The van der Waals surface area contributed by atoms with Gasteiger partial charge in [0.15, 0.2) is 5.82 Å². The standard InChI is InChI=1S/C21H17FN6O2/c1-28-20(25-26-27-28)19-10-7-15(12-23-19)17-9-8-16(11-18(17)22)24-21(29)30-13-14-5-3-2-4-6-14/h2-12H,13H2,1H3,(H,24,29).